The topological polar surface area (TPSA) is 6.48 Å². The maximum atomic E-state index is 5.91. The fraction of sp³-hybridized carbons (Fsp3) is 1.00. The molecule has 0 aromatic carbocycles. The van der Waals surface area contributed by atoms with Gasteiger partial charge in [0.15, 0.2) is 0 Å². The molecule has 152 valence electrons. The summed E-state index contributed by atoms with van der Waals surface area (Å²) < 4.78 is 0. The van der Waals surface area contributed by atoms with Crippen LogP contribution in [0.25, 0.3) is 0 Å². The van der Waals surface area contributed by atoms with E-state index in [0.717, 1.165) is 13.1 Å². The summed E-state index contributed by atoms with van der Waals surface area (Å²) in [5.41, 5.74) is 0. The second-order valence-electron chi connectivity index (χ2n) is 7.05. The van der Waals surface area contributed by atoms with Gasteiger partial charge in [-0.1, -0.05) is 65.2 Å². The first-order valence-electron chi connectivity index (χ1n) is 10.4. The van der Waals surface area contributed by atoms with Gasteiger partial charge in [0.05, 0.1) is 0 Å². The Morgan fingerprint density at radius 1 is 0.560 bits per heavy atom. The van der Waals surface area contributed by atoms with Crippen LogP contribution in [-0.4, -0.2) is 86.0 Å². The summed E-state index contributed by atoms with van der Waals surface area (Å²) in [5, 5.41) is 0. The maximum Gasteiger partial charge on any atom is 0.00278 e. The van der Waals surface area contributed by atoms with Crippen LogP contribution in [0.15, 0.2) is 0 Å². The van der Waals surface area contributed by atoms with E-state index < -0.39 is 12.1 Å². The first-order chi connectivity index (χ1) is 11.8. The van der Waals surface area contributed by atoms with Gasteiger partial charge in [-0.3, -0.25) is 0 Å². The van der Waals surface area contributed by atoms with E-state index in [1.807, 2.05) is 0 Å². The van der Waals surface area contributed by atoms with Gasteiger partial charge in [-0.15, -0.1) is 0 Å². The zero-order valence-corrected chi connectivity index (χ0v) is 21.2. The summed E-state index contributed by atoms with van der Waals surface area (Å²) in [6.07, 6.45) is 8.68. The zero-order valence-electron chi connectivity index (χ0n) is 17.8. The maximum absolute atomic E-state index is 5.91. The van der Waals surface area contributed by atoms with Crippen molar-refractivity contribution in [2.24, 2.45) is 0 Å². The third-order valence-corrected chi connectivity index (χ3v) is 16.6. The highest BCUT2D eigenvalue weighted by Gasteiger charge is 2.15. The van der Waals surface area contributed by atoms with Crippen LogP contribution in [0.3, 0.4) is 0 Å². The standard InChI is InChI=1S/C19H44N2P2S2/c1-7-20(16-18-22(24,9-3)10-4)14-13-15-21(8-2)17-19-23(25,11-5)12-6/h7-19H2,1-6H3. The van der Waals surface area contributed by atoms with E-state index in [1.165, 1.54) is 69.6 Å². The van der Waals surface area contributed by atoms with Crippen LogP contribution in [0.2, 0.25) is 0 Å². The molecule has 0 heterocycles. The molecule has 0 saturated carbocycles. The normalized spacial score (nSPS) is 13.1. The van der Waals surface area contributed by atoms with E-state index in [0.29, 0.717) is 0 Å². The minimum absolute atomic E-state index is 1.07. The van der Waals surface area contributed by atoms with Crippen molar-refractivity contribution >= 4 is 35.7 Å². The molecule has 0 radical (unpaired) electrons. The van der Waals surface area contributed by atoms with Crippen LogP contribution >= 0.6 is 12.1 Å². The van der Waals surface area contributed by atoms with Crippen LogP contribution in [0.5, 0.6) is 0 Å². The summed E-state index contributed by atoms with van der Waals surface area (Å²) in [4.78, 5) is 5.23. The van der Waals surface area contributed by atoms with Crippen LogP contribution in [-0.2, 0) is 23.6 Å². The number of hydrogen-bond acceptors (Lipinski definition) is 4. The zero-order chi connectivity index (χ0) is 19.3. The molecule has 0 aromatic rings. The van der Waals surface area contributed by atoms with Gasteiger partial charge < -0.3 is 9.80 Å². The van der Waals surface area contributed by atoms with Crippen LogP contribution in [0, 0.1) is 0 Å². The van der Waals surface area contributed by atoms with Gasteiger partial charge in [-0.2, -0.15) is 0 Å². The third kappa shape index (κ3) is 11.0. The fourth-order valence-electron chi connectivity index (χ4n) is 3.10. The lowest BCUT2D eigenvalue weighted by Gasteiger charge is -2.28. The Morgan fingerprint density at radius 2 is 0.880 bits per heavy atom. The van der Waals surface area contributed by atoms with Crippen molar-refractivity contribution in [2.45, 2.75) is 48.0 Å². The number of nitrogens with zero attached hydrogens (tertiary/aromatic N) is 2. The van der Waals surface area contributed by atoms with E-state index in [4.69, 9.17) is 23.6 Å². The predicted molar refractivity (Wildman–Crippen MR) is 129 cm³/mol. The molecule has 0 fully saturated rings. The first kappa shape index (κ1) is 26.2. The molecule has 0 aliphatic carbocycles. The predicted octanol–water partition coefficient (Wildman–Crippen LogP) is 5.06. The largest absolute Gasteiger partial charge is 0.303 e. The number of hydrogen-bond donors (Lipinski definition) is 0. The van der Waals surface area contributed by atoms with E-state index in [-0.39, 0.29) is 0 Å². The van der Waals surface area contributed by atoms with Crippen molar-refractivity contribution in [1.82, 2.24) is 9.80 Å². The summed E-state index contributed by atoms with van der Waals surface area (Å²) >= 11 is 11.8. The Morgan fingerprint density at radius 3 is 1.12 bits per heavy atom. The molecular weight excluding hydrogens is 382 g/mol. The molecule has 25 heavy (non-hydrogen) atoms. The third-order valence-electron chi connectivity index (χ3n) is 5.80. The molecule has 0 bridgehead atoms. The van der Waals surface area contributed by atoms with E-state index >= 15 is 0 Å². The Kier molecular flexibility index (Phi) is 14.9. The lowest BCUT2D eigenvalue weighted by atomic mass is 10.3. The fourth-order valence-corrected chi connectivity index (χ4v) is 7.04. The van der Waals surface area contributed by atoms with Crippen molar-refractivity contribution in [3.63, 3.8) is 0 Å². The van der Waals surface area contributed by atoms with E-state index in [9.17, 15) is 0 Å². The Hall–Kier alpha value is 1.22. The van der Waals surface area contributed by atoms with Gasteiger partial charge in [0.25, 0.3) is 0 Å². The highest BCUT2D eigenvalue weighted by atomic mass is 32.4. The minimum atomic E-state index is -1.07. The van der Waals surface area contributed by atoms with Gasteiger partial charge in [0, 0.05) is 13.1 Å². The van der Waals surface area contributed by atoms with Crippen molar-refractivity contribution < 1.29 is 0 Å². The first-order valence-corrected chi connectivity index (χ1v) is 17.1. The molecule has 2 nitrogen and oxygen atoms in total. The molecule has 0 saturated heterocycles. The van der Waals surface area contributed by atoms with Crippen molar-refractivity contribution in [3.8, 4) is 0 Å². The molecule has 0 unspecified atom stereocenters. The molecule has 0 aliphatic heterocycles. The van der Waals surface area contributed by atoms with Crippen molar-refractivity contribution in [2.75, 3.05) is 76.2 Å². The van der Waals surface area contributed by atoms with Crippen LogP contribution in [0.1, 0.15) is 48.0 Å². The van der Waals surface area contributed by atoms with Gasteiger partial charge >= 0.3 is 0 Å². The SMILES string of the molecule is CCN(CCCN(CC)CCP(=S)(CC)CC)CCP(=S)(CC)CC. The van der Waals surface area contributed by atoms with Crippen LogP contribution < -0.4 is 0 Å². The average molecular weight is 427 g/mol. The van der Waals surface area contributed by atoms with Gasteiger partial charge in [0.1, 0.15) is 0 Å². The van der Waals surface area contributed by atoms with Crippen LogP contribution in [0.4, 0.5) is 0 Å². The molecule has 0 aromatic heterocycles. The number of rotatable bonds is 16. The average Bonchev–Trinajstić information content (AvgIpc) is 2.66. The molecule has 0 spiro atoms. The summed E-state index contributed by atoms with van der Waals surface area (Å²) in [6, 6.07) is -2.14. The molecule has 0 amide bonds. The van der Waals surface area contributed by atoms with Gasteiger partial charge in [-0.25, -0.2) is 0 Å². The summed E-state index contributed by atoms with van der Waals surface area (Å²) in [5.74, 6) is 0. The highest BCUT2D eigenvalue weighted by molar-refractivity contribution is 8.15. The Balaban J connectivity index is 4.25. The molecular formula is C19H44N2P2S2. The second kappa shape index (κ2) is 14.3. The summed E-state index contributed by atoms with van der Waals surface area (Å²) in [6.45, 7) is 20.9. The molecule has 6 heteroatoms. The van der Waals surface area contributed by atoms with E-state index in [2.05, 4.69) is 51.3 Å². The van der Waals surface area contributed by atoms with E-state index in [1.54, 1.807) is 0 Å². The van der Waals surface area contributed by atoms with Crippen molar-refractivity contribution in [3.05, 3.63) is 0 Å². The monoisotopic (exact) mass is 426 g/mol. The molecule has 0 rings (SSSR count). The quantitative estimate of drug-likeness (QED) is 0.318. The molecule has 0 atom stereocenters. The molecule has 0 aliphatic rings. The smallest absolute Gasteiger partial charge is 0.00278 e. The van der Waals surface area contributed by atoms with Crippen molar-refractivity contribution in [1.29, 1.82) is 0 Å². The molecule has 0 N–H and O–H groups in total. The minimum Gasteiger partial charge on any atom is -0.303 e. The lowest BCUT2D eigenvalue weighted by Crippen LogP contribution is -2.33. The lowest BCUT2D eigenvalue weighted by molar-refractivity contribution is 0.252. The van der Waals surface area contributed by atoms with Gasteiger partial charge in [0.2, 0.25) is 0 Å². The van der Waals surface area contributed by atoms with Gasteiger partial charge in [-0.05, 0) is 81.6 Å². The summed E-state index contributed by atoms with van der Waals surface area (Å²) in [7, 11) is 0. The second-order valence-corrected chi connectivity index (χ2v) is 19.4. The Labute approximate surface area is 169 Å². The Bertz CT molecular complexity index is 376. The highest BCUT2D eigenvalue weighted by Crippen LogP contribution is 2.45.